The van der Waals surface area contributed by atoms with Gasteiger partial charge in [0.25, 0.3) is 0 Å². The maximum atomic E-state index is 11.3. The third-order valence-corrected chi connectivity index (χ3v) is 7.08. The van der Waals surface area contributed by atoms with Crippen molar-refractivity contribution in [1.82, 2.24) is 15.3 Å². The molecule has 2 N–H and O–H groups in total. The third-order valence-electron chi connectivity index (χ3n) is 7.08. The van der Waals surface area contributed by atoms with Crippen LogP contribution < -0.4 is 20.5 Å². The molecule has 158 valence electrons. The first-order chi connectivity index (χ1) is 15.1. The van der Waals surface area contributed by atoms with Gasteiger partial charge in [-0.05, 0) is 72.2 Å². The van der Waals surface area contributed by atoms with E-state index in [1.54, 1.807) is 12.3 Å². The van der Waals surface area contributed by atoms with Crippen LogP contribution in [0.5, 0.6) is 5.88 Å². The topological polar surface area (TPSA) is 70.2 Å². The molecule has 0 radical (unpaired) electrons. The SMILES string of the molecule is CN(c1ccc2c(n1)OCc1cc(-c3ccc(=O)[nH]c3)ccc1-2)[C@@H]1C[C@H]2CC[C@@H](C1)N2. The van der Waals surface area contributed by atoms with Crippen LogP contribution in [-0.2, 0) is 6.61 Å². The van der Waals surface area contributed by atoms with Gasteiger partial charge < -0.3 is 19.9 Å². The van der Waals surface area contributed by atoms with E-state index in [0.29, 0.717) is 30.6 Å². The summed E-state index contributed by atoms with van der Waals surface area (Å²) in [6, 6.07) is 15.9. The van der Waals surface area contributed by atoms with Crippen molar-refractivity contribution >= 4 is 5.82 Å². The van der Waals surface area contributed by atoms with E-state index in [9.17, 15) is 4.79 Å². The molecule has 3 aromatic rings. The Bertz CT molecular complexity index is 1170. The fourth-order valence-electron chi connectivity index (χ4n) is 5.36. The Hall–Kier alpha value is -3.12. The first kappa shape index (κ1) is 18.6. The number of hydrogen-bond donors (Lipinski definition) is 2. The summed E-state index contributed by atoms with van der Waals surface area (Å²) in [7, 11) is 2.16. The van der Waals surface area contributed by atoms with Gasteiger partial charge in [-0.15, -0.1) is 0 Å². The minimum absolute atomic E-state index is 0.0945. The lowest BCUT2D eigenvalue weighted by atomic mass is 9.94. The Labute approximate surface area is 181 Å². The first-order valence-electron chi connectivity index (χ1n) is 11.1. The van der Waals surface area contributed by atoms with Gasteiger partial charge in [-0.1, -0.05) is 12.1 Å². The third kappa shape index (κ3) is 3.31. The average Bonchev–Trinajstić information content (AvgIpc) is 3.15. The van der Waals surface area contributed by atoms with Gasteiger partial charge in [0, 0.05) is 43.0 Å². The van der Waals surface area contributed by atoms with Crippen LogP contribution in [0.4, 0.5) is 5.82 Å². The van der Waals surface area contributed by atoms with E-state index >= 15 is 0 Å². The molecule has 0 saturated carbocycles. The van der Waals surface area contributed by atoms with E-state index in [1.807, 2.05) is 6.07 Å². The molecule has 6 nitrogen and oxygen atoms in total. The lowest BCUT2D eigenvalue weighted by Crippen LogP contribution is -2.47. The Morgan fingerprint density at radius 3 is 2.55 bits per heavy atom. The summed E-state index contributed by atoms with van der Waals surface area (Å²) in [4.78, 5) is 21.3. The Balaban J connectivity index is 1.28. The van der Waals surface area contributed by atoms with Crippen LogP contribution in [0, 0.1) is 0 Å². The zero-order valence-corrected chi connectivity index (χ0v) is 17.6. The standard InChI is InChI=1S/C25H26N4O2/c1-29(20-11-18-4-5-19(12-20)27-18)23-8-7-22-21-6-2-15(16-3-9-24(30)26-13-16)10-17(21)14-31-25(22)28-23/h2-3,6-10,13,18-20,27H,4-5,11-12,14H2,1H3,(H,26,30)/t18-,19+,20-. The molecule has 2 aromatic heterocycles. The largest absolute Gasteiger partial charge is 0.472 e. The number of nitrogens with zero attached hydrogens (tertiary/aromatic N) is 2. The predicted octanol–water partition coefficient (Wildman–Crippen LogP) is 3.72. The predicted molar refractivity (Wildman–Crippen MR) is 121 cm³/mol. The van der Waals surface area contributed by atoms with Crippen molar-refractivity contribution in [3.63, 3.8) is 0 Å². The number of piperidine rings is 1. The zero-order chi connectivity index (χ0) is 20.9. The Morgan fingerprint density at radius 1 is 1.00 bits per heavy atom. The van der Waals surface area contributed by atoms with Crippen LogP contribution in [0.15, 0.2) is 53.5 Å². The summed E-state index contributed by atoms with van der Waals surface area (Å²) < 4.78 is 6.08. The van der Waals surface area contributed by atoms with Crippen molar-refractivity contribution in [1.29, 1.82) is 0 Å². The van der Waals surface area contributed by atoms with Crippen LogP contribution in [-0.4, -0.2) is 35.1 Å². The lowest BCUT2D eigenvalue weighted by molar-refractivity contribution is 0.289. The second-order valence-corrected chi connectivity index (χ2v) is 9.00. The van der Waals surface area contributed by atoms with Crippen LogP contribution in [0.3, 0.4) is 0 Å². The average molecular weight is 415 g/mol. The lowest BCUT2D eigenvalue weighted by Gasteiger charge is -2.36. The summed E-state index contributed by atoms with van der Waals surface area (Å²) in [6.45, 7) is 0.497. The molecule has 3 atom stereocenters. The number of ether oxygens (including phenoxy) is 1. The van der Waals surface area contributed by atoms with Crippen LogP contribution in [0.2, 0.25) is 0 Å². The highest BCUT2D eigenvalue weighted by molar-refractivity contribution is 5.78. The molecule has 0 unspecified atom stereocenters. The van der Waals surface area contributed by atoms with Gasteiger partial charge in [-0.2, -0.15) is 4.98 Å². The molecule has 0 spiro atoms. The van der Waals surface area contributed by atoms with Gasteiger partial charge in [0.2, 0.25) is 11.4 Å². The number of hydrogen-bond acceptors (Lipinski definition) is 5. The maximum Gasteiger partial charge on any atom is 0.247 e. The Morgan fingerprint density at radius 2 is 1.77 bits per heavy atom. The van der Waals surface area contributed by atoms with E-state index < -0.39 is 0 Å². The molecule has 0 amide bonds. The summed E-state index contributed by atoms with van der Waals surface area (Å²) in [5.74, 6) is 1.70. The van der Waals surface area contributed by atoms with Gasteiger partial charge in [0.05, 0.1) is 0 Å². The summed E-state index contributed by atoms with van der Waals surface area (Å²) in [5, 5.41) is 3.72. The van der Waals surface area contributed by atoms with Gasteiger partial charge >= 0.3 is 0 Å². The normalized spacial score (nSPS) is 23.6. The van der Waals surface area contributed by atoms with Crippen molar-refractivity contribution in [2.24, 2.45) is 0 Å². The van der Waals surface area contributed by atoms with Crippen molar-refractivity contribution in [2.45, 2.75) is 50.4 Å². The van der Waals surface area contributed by atoms with Crippen molar-refractivity contribution in [3.8, 4) is 28.1 Å². The molecule has 2 bridgehead atoms. The highest BCUT2D eigenvalue weighted by Crippen LogP contribution is 2.40. The number of fused-ring (bicyclic) bond motifs is 5. The molecule has 3 aliphatic rings. The van der Waals surface area contributed by atoms with Crippen molar-refractivity contribution < 1.29 is 4.74 Å². The molecule has 3 aliphatic heterocycles. The fraction of sp³-hybridized carbons (Fsp3) is 0.360. The van der Waals surface area contributed by atoms with E-state index in [-0.39, 0.29) is 5.56 Å². The van der Waals surface area contributed by atoms with Gasteiger partial charge in [-0.3, -0.25) is 4.79 Å². The van der Waals surface area contributed by atoms with Gasteiger partial charge in [-0.25, -0.2) is 0 Å². The quantitative estimate of drug-likeness (QED) is 0.684. The molecule has 1 aromatic carbocycles. The molecular formula is C25H26N4O2. The highest BCUT2D eigenvalue weighted by Gasteiger charge is 2.35. The van der Waals surface area contributed by atoms with Gasteiger partial charge in [0.15, 0.2) is 0 Å². The second-order valence-electron chi connectivity index (χ2n) is 9.00. The fourth-order valence-corrected chi connectivity index (χ4v) is 5.36. The van der Waals surface area contributed by atoms with Gasteiger partial charge in [0.1, 0.15) is 12.4 Å². The number of nitrogens with one attached hydrogen (secondary N) is 2. The molecule has 2 saturated heterocycles. The molecule has 6 heteroatoms. The number of rotatable bonds is 3. The molecule has 5 heterocycles. The van der Waals surface area contributed by atoms with Crippen molar-refractivity contribution in [2.75, 3.05) is 11.9 Å². The smallest absolute Gasteiger partial charge is 0.247 e. The zero-order valence-electron chi connectivity index (χ0n) is 17.6. The first-order valence-corrected chi connectivity index (χ1v) is 11.1. The number of anilines is 1. The van der Waals surface area contributed by atoms with Crippen LogP contribution in [0.1, 0.15) is 31.2 Å². The minimum atomic E-state index is -0.0945. The molecule has 31 heavy (non-hydrogen) atoms. The number of aromatic nitrogens is 2. The van der Waals surface area contributed by atoms with E-state index in [2.05, 4.69) is 52.6 Å². The summed E-state index contributed by atoms with van der Waals surface area (Å²) >= 11 is 0. The van der Waals surface area contributed by atoms with Crippen LogP contribution in [0.25, 0.3) is 22.3 Å². The van der Waals surface area contributed by atoms with E-state index in [4.69, 9.17) is 9.72 Å². The van der Waals surface area contributed by atoms with E-state index in [0.717, 1.165) is 33.6 Å². The summed E-state index contributed by atoms with van der Waals surface area (Å²) in [6.07, 6.45) is 6.71. The highest BCUT2D eigenvalue weighted by atomic mass is 16.5. The number of pyridine rings is 2. The summed E-state index contributed by atoms with van der Waals surface area (Å²) in [5.41, 5.74) is 5.29. The van der Waals surface area contributed by atoms with Crippen LogP contribution >= 0.6 is 0 Å². The molecule has 6 rings (SSSR count). The Kier molecular flexibility index (Phi) is 4.35. The monoisotopic (exact) mass is 414 g/mol. The van der Waals surface area contributed by atoms with Crippen molar-refractivity contribution in [3.05, 3.63) is 64.6 Å². The minimum Gasteiger partial charge on any atom is -0.472 e. The molecule has 0 aliphatic carbocycles. The number of aromatic amines is 1. The number of H-pyrrole nitrogens is 1. The van der Waals surface area contributed by atoms with E-state index in [1.165, 1.54) is 25.7 Å². The molecular weight excluding hydrogens is 388 g/mol. The maximum absolute atomic E-state index is 11.3. The second kappa shape index (κ2) is 7.24. The number of benzene rings is 1. The molecule has 2 fully saturated rings.